The summed E-state index contributed by atoms with van der Waals surface area (Å²) in [5, 5.41) is 6.21. The number of carbonyl (C=O) groups is 1. The van der Waals surface area contributed by atoms with Gasteiger partial charge in [-0.2, -0.15) is 0 Å². The smallest absolute Gasteiger partial charge is 0.226 e. The number of carbonyl (C=O) groups excluding carboxylic acids is 1. The number of halogens is 1. The summed E-state index contributed by atoms with van der Waals surface area (Å²) in [5.41, 5.74) is 3.08. The van der Waals surface area contributed by atoms with E-state index in [4.69, 9.17) is 0 Å². The molecule has 0 heterocycles. The topological polar surface area (TPSA) is 41.1 Å². The summed E-state index contributed by atoms with van der Waals surface area (Å²) in [5.74, 6) is 0.0283. The molecule has 3 nitrogen and oxygen atoms in total. The first-order valence-corrected chi connectivity index (χ1v) is 7.85. The van der Waals surface area contributed by atoms with Crippen molar-refractivity contribution in [2.24, 2.45) is 0 Å². The van der Waals surface area contributed by atoms with Gasteiger partial charge in [-0.15, -0.1) is 0 Å². The van der Waals surface area contributed by atoms with Gasteiger partial charge in [0, 0.05) is 28.8 Å². The van der Waals surface area contributed by atoms with Gasteiger partial charge in [0.1, 0.15) is 0 Å². The number of rotatable bonds is 6. The van der Waals surface area contributed by atoms with Crippen molar-refractivity contribution in [1.29, 1.82) is 0 Å². The van der Waals surface area contributed by atoms with Crippen LogP contribution in [0.5, 0.6) is 0 Å². The molecule has 0 aromatic heterocycles. The monoisotopic (exact) mass is 346 g/mol. The second-order valence-corrected chi connectivity index (χ2v) is 5.66. The van der Waals surface area contributed by atoms with Crippen molar-refractivity contribution in [2.75, 3.05) is 17.2 Å². The molecule has 21 heavy (non-hydrogen) atoms. The SMILES string of the molecule is CCc1ccccc1NC(=O)CCNc1ccc(Br)cc1. The van der Waals surface area contributed by atoms with E-state index in [1.807, 2.05) is 48.5 Å². The average molecular weight is 347 g/mol. The Hall–Kier alpha value is -1.81. The summed E-state index contributed by atoms with van der Waals surface area (Å²) in [6.45, 7) is 2.70. The lowest BCUT2D eigenvalue weighted by Gasteiger charge is -2.10. The fraction of sp³-hybridized carbons (Fsp3) is 0.235. The molecule has 1 amide bonds. The van der Waals surface area contributed by atoms with Gasteiger partial charge in [0.05, 0.1) is 0 Å². The Balaban J connectivity index is 1.81. The van der Waals surface area contributed by atoms with E-state index in [1.54, 1.807) is 0 Å². The minimum atomic E-state index is 0.0283. The van der Waals surface area contributed by atoms with Crippen molar-refractivity contribution in [2.45, 2.75) is 19.8 Å². The molecule has 2 rings (SSSR count). The summed E-state index contributed by atoms with van der Waals surface area (Å²) in [4.78, 5) is 12.0. The number of hydrogen-bond acceptors (Lipinski definition) is 2. The maximum atomic E-state index is 12.0. The van der Waals surface area contributed by atoms with E-state index in [1.165, 1.54) is 0 Å². The van der Waals surface area contributed by atoms with Gasteiger partial charge in [-0.3, -0.25) is 4.79 Å². The van der Waals surface area contributed by atoms with Crippen molar-refractivity contribution in [3.63, 3.8) is 0 Å². The second kappa shape index (κ2) is 7.84. The molecule has 0 saturated carbocycles. The maximum Gasteiger partial charge on any atom is 0.226 e. The number of hydrogen-bond donors (Lipinski definition) is 2. The van der Waals surface area contributed by atoms with Crippen LogP contribution in [0.25, 0.3) is 0 Å². The van der Waals surface area contributed by atoms with Gasteiger partial charge in [-0.25, -0.2) is 0 Å². The highest BCUT2D eigenvalue weighted by atomic mass is 79.9. The fourth-order valence-electron chi connectivity index (χ4n) is 2.05. The molecule has 110 valence electrons. The number of nitrogens with one attached hydrogen (secondary N) is 2. The Labute approximate surface area is 133 Å². The van der Waals surface area contributed by atoms with E-state index < -0.39 is 0 Å². The van der Waals surface area contributed by atoms with Gasteiger partial charge in [0.2, 0.25) is 5.91 Å². The van der Waals surface area contributed by atoms with Crippen LogP contribution in [0.2, 0.25) is 0 Å². The fourth-order valence-corrected chi connectivity index (χ4v) is 2.32. The highest BCUT2D eigenvalue weighted by Gasteiger charge is 2.05. The number of amides is 1. The molecular weight excluding hydrogens is 328 g/mol. The van der Waals surface area contributed by atoms with Crippen LogP contribution in [0, 0.1) is 0 Å². The molecule has 0 aliphatic heterocycles. The van der Waals surface area contributed by atoms with Gasteiger partial charge in [0.25, 0.3) is 0 Å². The molecule has 0 bridgehead atoms. The molecule has 0 spiro atoms. The molecule has 2 N–H and O–H groups in total. The Kier molecular flexibility index (Phi) is 5.81. The van der Waals surface area contributed by atoms with Crippen LogP contribution in [-0.2, 0) is 11.2 Å². The lowest BCUT2D eigenvalue weighted by atomic mass is 10.1. The molecule has 0 aliphatic carbocycles. The molecule has 4 heteroatoms. The van der Waals surface area contributed by atoms with Gasteiger partial charge in [0.15, 0.2) is 0 Å². The minimum absolute atomic E-state index is 0.0283. The van der Waals surface area contributed by atoms with Gasteiger partial charge in [-0.1, -0.05) is 41.1 Å². The molecular formula is C17H19BrN2O. The van der Waals surface area contributed by atoms with Crippen molar-refractivity contribution < 1.29 is 4.79 Å². The Morgan fingerprint density at radius 2 is 1.81 bits per heavy atom. The zero-order valence-corrected chi connectivity index (χ0v) is 13.6. The lowest BCUT2D eigenvalue weighted by molar-refractivity contribution is -0.115. The van der Waals surface area contributed by atoms with Crippen LogP contribution < -0.4 is 10.6 Å². The van der Waals surface area contributed by atoms with Crippen LogP contribution in [0.1, 0.15) is 18.9 Å². The lowest BCUT2D eigenvalue weighted by Crippen LogP contribution is -2.17. The molecule has 2 aromatic carbocycles. The molecule has 0 radical (unpaired) electrons. The number of benzene rings is 2. The standard InChI is InChI=1S/C17H19BrN2O/c1-2-13-5-3-4-6-16(13)20-17(21)11-12-19-15-9-7-14(18)8-10-15/h3-10,19H,2,11-12H2,1H3,(H,20,21). The van der Waals surface area contributed by atoms with Gasteiger partial charge < -0.3 is 10.6 Å². The van der Waals surface area contributed by atoms with E-state index in [-0.39, 0.29) is 5.91 Å². The van der Waals surface area contributed by atoms with Crippen LogP contribution >= 0.6 is 15.9 Å². The number of aryl methyl sites for hydroxylation is 1. The molecule has 2 aromatic rings. The van der Waals surface area contributed by atoms with Crippen molar-refractivity contribution in [3.8, 4) is 0 Å². The number of anilines is 2. The summed E-state index contributed by atoms with van der Waals surface area (Å²) < 4.78 is 1.04. The van der Waals surface area contributed by atoms with Crippen molar-refractivity contribution in [3.05, 3.63) is 58.6 Å². The maximum absolute atomic E-state index is 12.0. The normalized spacial score (nSPS) is 10.2. The molecule has 0 saturated heterocycles. The van der Waals surface area contributed by atoms with E-state index >= 15 is 0 Å². The third-order valence-corrected chi connectivity index (χ3v) is 3.73. The predicted octanol–water partition coefficient (Wildman–Crippen LogP) is 4.45. The van der Waals surface area contributed by atoms with Crippen LogP contribution in [-0.4, -0.2) is 12.5 Å². The van der Waals surface area contributed by atoms with Crippen LogP contribution in [0.4, 0.5) is 11.4 Å². The van der Waals surface area contributed by atoms with Crippen LogP contribution in [0.3, 0.4) is 0 Å². The number of para-hydroxylation sites is 1. The Morgan fingerprint density at radius 1 is 1.10 bits per heavy atom. The summed E-state index contributed by atoms with van der Waals surface area (Å²) >= 11 is 3.40. The zero-order valence-electron chi connectivity index (χ0n) is 12.0. The second-order valence-electron chi connectivity index (χ2n) is 4.74. The minimum Gasteiger partial charge on any atom is -0.385 e. The summed E-state index contributed by atoms with van der Waals surface area (Å²) in [6, 6.07) is 15.8. The summed E-state index contributed by atoms with van der Waals surface area (Å²) in [7, 11) is 0. The first kappa shape index (κ1) is 15.6. The highest BCUT2D eigenvalue weighted by molar-refractivity contribution is 9.10. The Bertz CT molecular complexity index is 596. The Morgan fingerprint density at radius 3 is 2.52 bits per heavy atom. The quantitative estimate of drug-likeness (QED) is 0.810. The van der Waals surface area contributed by atoms with E-state index in [0.717, 1.165) is 27.8 Å². The van der Waals surface area contributed by atoms with Crippen molar-refractivity contribution in [1.82, 2.24) is 0 Å². The van der Waals surface area contributed by atoms with E-state index in [9.17, 15) is 4.79 Å². The molecule has 0 fully saturated rings. The van der Waals surface area contributed by atoms with E-state index in [2.05, 4.69) is 33.5 Å². The van der Waals surface area contributed by atoms with Gasteiger partial charge in [-0.05, 0) is 42.3 Å². The van der Waals surface area contributed by atoms with Gasteiger partial charge >= 0.3 is 0 Å². The zero-order chi connectivity index (χ0) is 15.1. The molecule has 0 atom stereocenters. The first-order chi connectivity index (χ1) is 10.2. The predicted molar refractivity (Wildman–Crippen MR) is 91.7 cm³/mol. The average Bonchev–Trinajstić information content (AvgIpc) is 2.50. The summed E-state index contributed by atoms with van der Waals surface area (Å²) in [6.07, 6.45) is 1.35. The third-order valence-electron chi connectivity index (χ3n) is 3.20. The van der Waals surface area contributed by atoms with Crippen LogP contribution in [0.15, 0.2) is 53.0 Å². The largest absolute Gasteiger partial charge is 0.385 e. The molecule has 0 unspecified atom stereocenters. The molecule has 0 aliphatic rings. The van der Waals surface area contributed by atoms with Crippen molar-refractivity contribution >= 4 is 33.2 Å². The third kappa shape index (κ3) is 4.90. The first-order valence-electron chi connectivity index (χ1n) is 7.06. The highest BCUT2D eigenvalue weighted by Crippen LogP contribution is 2.16. The van der Waals surface area contributed by atoms with E-state index in [0.29, 0.717) is 13.0 Å².